The van der Waals surface area contributed by atoms with Gasteiger partial charge < -0.3 is 5.32 Å². The molecule has 1 aromatic rings. The zero-order valence-corrected chi connectivity index (χ0v) is 13.8. The Morgan fingerprint density at radius 2 is 1.90 bits per heavy atom. The highest BCUT2D eigenvalue weighted by Gasteiger charge is 2.28. The lowest BCUT2D eigenvalue weighted by molar-refractivity contribution is -0.0328. The van der Waals surface area contributed by atoms with E-state index >= 15 is 0 Å². The smallest absolute Gasteiger partial charge is 0.314 e. The lowest BCUT2D eigenvalue weighted by atomic mass is 9.96. The zero-order chi connectivity index (χ0) is 15.9. The van der Waals surface area contributed by atoms with Crippen LogP contribution in [0.5, 0.6) is 0 Å². The summed E-state index contributed by atoms with van der Waals surface area (Å²) in [5.74, 6) is 0.223. The van der Waals surface area contributed by atoms with Crippen molar-refractivity contribution in [2.24, 2.45) is 5.92 Å². The summed E-state index contributed by atoms with van der Waals surface area (Å²) in [6.07, 6.45) is 1.20. The van der Waals surface area contributed by atoms with Crippen LogP contribution in [-0.2, 0) is 6.42 Å². The topological polar surface area (TPSA) is 12.0 Å². The average molecular weight is 340 g/mol. The Bertz CT molecular complexity index is 424. The van der Waals surface area contributed by atoms with Crippen molar-refractivity contribution >= 4 is 23.4 Å². The van der Waals surface area contributed by atoms with Crippen LogP contribution in [0.4, 0.5) is 13.2 Å². The number of hydrogen-bond donors (Lipinski definition) is 1. The van der Waals surface area contributed by atoms with Crippen molar-refractivity contribution in [3.05, 3.63) is 34.9 Å². The molecule has 0 aliphatic heterocycles. The van der Waals surface area contributed by atoms with E-state index < -0.39 is 5.51 Å². The van der Waals surface area contributed by atoms with Crippen molar-refractivity contribution in [3.8, 4) is 0 Å². The Kier molecular flexibility index (Phi) is 7.92. The second-order valence-electron chi connectivity index (χ2n) is 5.31. The maximum atomic E-state index is 12.2. The first-order valence-electron chi connectivity index (χ1n) is 6.95. The molecule has 1 aromatic carbocycles. The van der Waals surface area contributed by atoms with Crippen LogP contribution in [0.1, 0.15) is 25.8 Å². The van der Waals surface area contributed by atoms with E-state index in [0.29, 0.717) is 30.5 Å². The number of thioether (sulfide) groups is 1. The molecule has 0 saturated heterocycles. The molecule has 0 amide bonds. The lowest BCUT2D eigenvalue weighted by Crippen LogP contribution is -2.30. The minimum absolute atomic E-state index is 0.0501. The van der Waals surface area contributed by atoms with Gasteiger partial charge in [-0.1, -0.05) is 55.4 Å². The van der Waals surface area contributed by atoms with Crippen LogP contribution < -0.4 is 5.32 Å². The van der Waals surface area contributed by atoms with Gasteiger partial charge in [0.15, 0.2) is 0 Å². The normalized spacial score (nSPS) is 13.7. The van der Waals surface area contributed by atoms with E-state index in [1.54, 1.807) is 0 Å². The average Bonchev–Trinajstić information content (AvgIpc) is 2.36. The van der Waals surface area contributed by atoms with Gasteiger partial charge >= 0.3 is 5.51 Å². The number of hydrogen-bond acceptors (Lipinski definition) is 2. The number of alkyl halides is 3. The second-order valence-corrected chi connectivity index (χ2v) is 6.87. The van der Waals surface area contributed by atoms with E-state index in [1.807, 2.05) is 38.1 Å². The molecule has 0 fully saturated rings. The molecule has 0 aromatic heterocycles. The molecule has 0 bridgehead atoms. The third kappa shape index (κ3) is 8.59. The zero-order valence-electron chi connectivity index (χ0n) is 12.2. The van der Waals surface area contributed by atoms with Crippen molar-refractivity contribution in [2.75, 3.05) is 12.3 Å². The number of rotatable bonds is 8. The van der Waals surface area contributed by atoms with Crippen molar-refractivity contribution < 1.29 is 13.2 Å². The van der Waals surface area contributed by atoms with Gasteiger partial charge in [0.25, 0.3) is 0 Å². The van der Waals surface area contributed by atoms with E-state index in [2.05, 4.69) is 5.32 Å². The first kappa shape index (κ1) is 18.7. The van der Waals surface area contributed by atoms with E-state index in [9.17, 15) is 13.2 Å². The molecule has 1 atom stereocenters. The first-order chi connectivity index (χ1) is 9.78. The van der Waals surface area contributed by atoms with E-state index in [4.69, 9.17) is 11.6 Å². The van der Waals surface area contributed by atoms with Gasteiger partial charge in [0.05, 0.1) is 0 Å². The van der Waals surface area contributed by atoms with Gasteiger partial charge in [-0.05, 0) is 36.9 Å². The maximum Gasteiger partial charge on any atom is 0.441 e. The van der Waals surface area contributed by atoms with Crippen molar-refractivity contribution in [2.45, 2.75) is 38.2 Å². The molecule has 6 heteroatoms. The third-order valence-electron chi connectivity index (χ3n) is 3.07. The lowest BCUT2D eigenvalue weighted by Gasteiger charge is -2.20. The first-order valence-corrected chi connectivity index (χ1v) is 8.31. The Morgan fingerprint density at radius 3 is 2.48 bits per heavy atom. The van der Waals surface area contributed by atoms with Crippen LogP contribution in [0, 0.1) is 5.92 Å². The molecule has 1 N–H and O–H groups in total. The molecule has 21 heavy (non-hydrogen) atoms. The molecule has 0 spiro atoms. The van der Waals surface area contributed by atoms with Crippen LogP contribution in [-0.4, -0.2) is 23.8 Å². The summed E-state index contributed by atoms with van der Waals surface area (Å²) in [6.45, 7) is 4.75. The van der Waals surface area contributed by atoms with Crippen LogP contribution >= 0.6 is 23.4 Å². The van der Waals surface area contributed by atoms with E-state index in [1.165, 1.54) is 0 Å². The Hall–Kier alpha value is -0.390. The van der Waals surface area contributed by atoms with Gasteiger partial charge in [-0.15, -0.1) is 0 Å². The predicted octanol–water partition coefficient (Wildman–Crippen LogP) is 5.14. The molecule has 0 heterocycles. The van der Waals surface area contributed by atoms with Gasteiger partial charge in [-0.25, -0.2) is 0 Å². The summed E-state index contributed by atoms with van der Waals surface area (Å²) in [4.78, 5) is 0. The monoisotopic (exact) mass is 339 g/mol. The summed E-state index contributed by atoms with van der Waals surface area (Å²) < 4.78 is 36.7. The summed E-state index contributed by atoms with van der Waals surface area (Å²) in [5.41, 5.74) is -3.16. The Balaban J connectivity index is 2.57. The fourth-order valence-electron chi connectivity index (χ4n) is 1.99. The SMILES string of the molecule is CC(C)NCC(CCSC(F)(F)F)Cc1ccccc1Cl. The highest BCUT2D eigenvalue weighted by Crippen LogP contribution is 2.32. The minimum Gasteiger partial charge on any atom is -0.314 e. The number of nitrogens with one attached hydrogen (secondary N) is 1. The van der Waals surface area contributed by atoms with Crippen molar-refractivity contribution in [1.29, 1.82) is 0 Å². The van der Waals surface area contributed by atoms with Gasteiger partial charge in [0.2, 0.25) is 0 Å². The van der Waals surface area contributed by atoms with E-state index in [0.717, 1.165) is 5.56 Å². The minimum atomic E-state index is -4.15. The summed E-state index contributed by atoms with van der Waals surface area (Å²) in [7, 11) is 0. The molecule has 0 aliphatic rings. The molecule has 0 radical (unpaired) electrons. The molecule has 120 valence electrons. The Labute approximate surface area is 133 Å². The predicted molar refractivity (Wildman–Crippen MR) is 84.9 cm³/mol. The summed E-state index contributed by atoms with van der Waals surface area (Å²) in [6, 6.07) is 7.82. The molecule has 0 aliphatic carbocycles. The van der Waals surface area contributed by atoms with Gasteiger partial charge in [0, 0.05) is 16.8 Å². The molecular formula is C15H21ClF3NS. The van der Waals surface area contributed by atoms with Crippen LogP contribution in [0.3, 0.4) is 0 Å². The summed E-state index contributed by atoms with van der Waals surface area (Å²) >= 11 is 6.18. The standard InChI is InChI=1S/C15H21ClF3NS/c1-11(2)20-10-12(7-8-21-15(17,18)19)9-13-5-3-4-6-14(13)16/h3-6,11-12,20H,7-10H2,1-2H3. The largest absolute Gasteiger partial charge is 0.441 e. The van der Waals surface area contributed by atoms with Gasteiger partial charge in [-0.2, -0.15) is 13.2 Å². The molecule has 1 unspecified atom stereocenters. The molecular weight excluding hydrogens is 319 g/mol. The summed E-state index contributed by atoms with van der Waals surface area (Å²) in [5, 5.41) is 3.98. The fraction of sp³-hybridized carbons (Fsp3) is 0.600. The fourth-order valence-corrected chi connectivity index (χ4v) is 2.89. The van der Waals surface area contributed by atoms with E-state index in [-0.39, 0.29) is 23.4 Å². The third-order valence-corrected chi connectivity index (χ3v) is 4.21. The maximum absolute atomic E-state index is 12.2. The van der Waals surface area contributed by atoms with Gasteiger partial charge in [-0.3, -0.25) is 0 Å². The second kappa shape index (κ2) is 8.91. The van der Waals surface area contributed by atoms with Crippen LogP contribution in [0.15, 0.2) is 24.3 Å². The molecule has 1 nitrogen and oxygen atoms in total. The van der Waals surface area contributed by atoms with Crippen molar-refractivity contribution in [3.63, 3.8) is 0 Å². The quantitative estimate of drug-likeness (QED) is 0.703. The highest BCUT2D eigenvalue weighted by molar-refractivity contribution is 8.00. The van der Waals surface area contributed by atoms with Crippen LogP contribution in [0.2, 0.25) is 5.02 Å². The Morgan fingerprint density at radius 1 is 1.24 bits per heavy atom. The van der Waals surface area contributed by atoms with Gasteiger partial charge in [0.1, 0.15) is 0 Å². The number of halogens is 4. The van der Waals surface area contributed by atoms with Crippen LogP contribution in [0.25, 0.3) is 0 Å². The van der Waals surface area contributed by atoms with Crippen molar-refractivity contribution in [1.82, 2.24) is 5.32 Å². The highest BCUT2D eigenvalue weighted by atomic mass is 35.5. The molecule has 0 saturated carbocycles. The molecule has 1 rings (SSSR count). The number of benzene rings is 1.